The maximum atomic E-state index is 12.5. The van der Waals surface area contributed by atoms with Crippen molar-refractivity contribution in [3.63, 3.8) is 0 Å². The Hall–Kier alpha value is -3.20. The second kappa shape index (κ2) is 9.83. The molecule has 0 saturated heterocycles. The predicted octanol–water partition coefficient (Wildman–Crippen LogP) is 3.03. The van der Waals surface area contributed by atoms with E-state index in [4.69, 9.17) is 14.2 Å². The van der Waals surface area contributed by atoms with Gasteiger partial charge in [0.2, 0.25) is 5.78 Å². The number of nitro groups is 1. The number of methoxy groups -OCH3 is 1. The van der Waals surface area contributed by atoms with Crippen molar-refractivity contribution in [3.05, 3.63) is 57.4 Å². The lowest BCUT2D eigenvalue weighted by Gasteiger charge is -2.17. The van der Waals surface area contributed by atoms with Gasteiger partial charge in [0.15, 0.2) is 13.2 Å². The van der Waals surface area contributed by atoms with E-state index < -0.39 is 24.1 Å². The third-order valence-corrected chi connectivity index (χ3v) is 4.40. The van der Waals surface area contributed by atoms with Crippen LogP contribution < -0.4 is 4.74 Å². The van der Waals surface area contributed by atoms with E-state index >= 15 is 0 Å². The number of Topliss-reactive ketones (excluding diaryl/α,β-unsaturated/α-hetero) is 1. The minimum absolute atomic E-state index is 0.0687. The minimum Gasteiger partial charge on any atom is -0.482 e. The Kier molecular flexibility index (Phi) is 7.49. The summed E-state index contributed by atoms with van der Waals surface area (Å²) >= 11 is 0. The molecule has 1 atom stereocenters. The van der Waals surface area contributed by atoms with Gasteiger partial charge in [-0.25, -0.2) is 4.79 Å². The lowest BCUT2D eigenvalue weighted by Crippen LogP contribution is -2.20. The number of ketones is 1. The van der Waals surface area contributed by atoms with E-state index in [-0.39, 0.29) is 23.3 Å². The van der Waals surface area contributed by atoms with Gasteiger partial charge < -0.3 is 18.8 Å². The summed E-state index contributed by atoms with van der Waals surface area (Å²) in [5.41, 5.74) is 2.12. The van der Waals surface area contributed by atoms with E-state index in [1.165, 1.54) is 24.3 Å². The van der Waals surface area contributed by atoms with Crippen LogP contribution in [0.25, 0.3) is 0 Å². The van der Waals surface area contributed by atoms with Crippen molar-refractivity contribution in [1.82, 2.24) is 4.57 Å². The van der Waals surface area contributed by atoms with Crippen LogP contribution in [-0.2, 0) is 14.3 Å². The Morgan fingerprint density at radius 3 is 2.41 bits per heavy atom. The van der Waals surface area contributed by atoms with Gasteiger partial charge in [-0.15, -0.1) is 0 Å². The van der Waals surface area contributed by atoms with Crippen molar-refractivity contribution in [1.29, 1.82) is 0 Å². The molecule has 156 valence electrons. The molecule has 2 rings (SSSR count). The Labute approximate surface area is 168 Å². The molecule has 0 fully saturated rings. The normalized spacial score (nSPS) is 11.7. The average Bonchev–Trinajstić information content (AvgIpc) is 2.99. The summed E-state index contributed by atoms with van der Waals surface area (Å²) in [6.45, 7) is 5.44. The molecule has 0 N–H and O–H groups in total. The number of carbonyl (C=O) groups is 2. The largest absolute Gasteiger partial charge is 0.482 e. The average molecular weight is 404 g/mol. The van der Waals surface area contributed by atoms with Crippen LogP contribution in [-0.4, -0.2) is 48.2 Å². The number of esters is 1. The van der Waals surface area contributed by atoms with Gasteiger partial charge in [0.05, 0.1) is 17.6 Å². The number of benzene rings is 1. The smallest absolute Gasteiger partial charge is 0.344 e. The van der Waals surface area contributed by atoms with E-state index in [1.54, 1.807) is 13.2 Å². The summed E-state index contributed by atoms with van der Waals surface area (Å²) in [5, 5.41) is 10.6. The molecule has 9 nitrogen and oxygen atoms in total. The van der Waals surface area contributed by atoms with E-state index in [0.29, 0.717) is 12.2 Å². The maximum absolute atomic E-state index is 12.5. The molecular formula is C20H24N2O7. The number of hydrogen-bond donors (Lipinski definition) is 0. The molecule has 1 aromatic carbocycles. The van der Waals surface area contributed by atoms with Gasteiger partial charge in [0.25, 0.3) is 5.69 Å². The minimum atomic E-state index is -0.710. The molecule has 0 aliphatic heterocycles. The van der Waals surface area contributed by atoms with Gasteiger partial charge in [-0.3, -0.25) is 14.9 Å². The van der Waals surface area contributed by atoms with Crippen LogP contribution in [0.5, 0.6) is 5.75 Å². The number of nitrogens with zero attached hydrogens (tertiary/aromatic N) is 2. The Bertz CT molecular complexity index is 887. The highest BCUT2D eigenvalue weighted by Crippen LogP contribution is 2.21. The van der Waals surface area contributed by atoms with Crippen molar-refractivity contribution in [3.8, 4) is 5.75 Å². The second-order valence-electron chi connectivity index (χ2n) is 6.58. The zero-order valence-corrected chi connectivity index (χ0v) is 16.8. The van der Waals surface area contributed by atoms with Crippen LogP contribution in [0.3, 0.4) is 0 Å². The predicted molar refractivity (Wildman–Crippen MR) is 104 cm³/mol. The molecule has 0 radical (unpaired) electrons. The molecule has 0 aliphatic rings. The Morgan fingerprint density at radius 1 is 1.17 bits per heavy atom. The van der Waals surface area contributed by atoms with Crippen molar-refractivity contribution in [2.45, 2.75) is 26.8 Å². The number of non-ortho nitro benzene ring substituents is 1. The van der Waals surface area contributed by atoms with Crippen LogP contribution in [0.2, 0.25) is 0 Å². The summed E-state index contributed by atoms with van der Waals surface area (Å²) in [6, 6.07) is 7.14. The van der Waals surface area contributed by atoms with Crippen LogP contribution in [0.4, 0.5) is 5.69 Å². The highest BCUT2D eigenvalue weighted by atomic mass is 16.6. The molecule has 0 spiro atoms. The number of rotatable bonds is 10. The monoisotopic (exact) mass is 404 g/mol. The summed E-state index contributed by atoms with van der Waals surface area (Å²) < 4.78 is 17.4. The molecule has 0 aliphatic carbocycles. The Morgan fingerprint density at radius 2 is 1.83 bits per heavy atom. The van der Waals surface area contributed by atoms with E-state index in [9.17, 15) is 19.7 Å². The molecule has 0 saturated carbocycles. The van der Waals surface area contributed by atoms with Crippen LogP contribution in [0.15, 0.2) is 30.3 Å². The molecule has 9 heteroatoms. The number of aromatic nitrogens is 1. The molecule has 0 amide bonds. The maximum Gasteiger partial charge on any atom is 0.344 e. The summed E-state index contributed by atoms with van der Waals surface area (Å²) in [4.78, 5) is 34.4. The van der Waals surface area contributed by atoms with Gasteiger partial charge in [-0.05, 0) is 39.0 Å². The van der Waals surface area contributed by atoms with Gasteiger partial charge in [-0.1, -0.05) is 0 Å². The van der Waals surface area contributed by atoms with E-state index in [0.717, 1.165) is 11.4 Å². The first-order valence-electron chi connectivity index (χ1n) is 8.98. The lowest BCUT2D eigenvalue weighted by molar-refractivity contribution is -0.384. The fourth-order valence-electron chi connectivity index (χ4n) is 3.13. The van der Waals surface area contributed by atoms with Gasteiger partial charge in [0.1, 0.15) is 5.75 Å². The van der Waals surface area contributed by atoms with Crippen molar-refractivity contribution < 1.29 is 28.7 Å². The standard InChI is InChI=1S/C20H24N2O7/c1-13-9-18(15(3)21(13)14(2)10-27-4)19(23)11-29-20(24)12-28-17-7-5-16(6-8-17)22(25)26/h5-9,14H,10-12H2,1-4H3/t14-/m0/s1. The lowest BCUT2D eigenvalue weighted by atomic mass is 10.1. The van der Waals surface area contributed by atoms with Crippen molar-refractivity contribution in [2.24, 2.45) is 0 Å². The molecule has 1 aromatic heterocycles. The fourth-order valence-corrected chi connectivity index (χ4v) is 3.13. The van der Waals surface area contributed by atoms with Crippen molar-refractivity contribution >= 4 is 17.4 Å². The third kappa shape index (κ3) is 5.64. The van der Waals surface area contributed by atoms with Gasteiger partial charge in [0, 0.05) is 36.2 Å². The topological polar surface area (TPSA) is 110 Å². The molecule has 1 heterocycles. The van der Waals surface area contributed by atoms with E-state index in [2.05, 4.69) is 0 Å². The molecule has 29 heavy (non-hydrogen) atoms. The summed E-state index contributed by atoms with van der Waals surface area (Å²) in [5.74, 6) is -0.731. The third-order valence-electron chi connectivity index (χ3n) is 4.40. The number of hydrogen-bond acceptors (Lipinski definition) is 7. The molecular weight excluding hydrogens is 380 g/mol. The molecule has 0 bridgehead atoms. The van der Waals surface area contributed by atoms with Crippen LogP contribution >= 0.6 is 0 Å². The number of nitro benzene ring substituents is 1. The Balaban J connectivity index is 1.89. The van der Waals surface area contributed by atoms with Gasteiger partial charge in [-0.2, -0.15) is 0 Å². The van der Waals surface area contributed by atoms with Crippen LogP contribution in [0.1, 0.15) is 34.7 Å². The number of ether oxygens (including phenoxy) is 3. The highest BCUT2D eigenvalue weighted by molar-refractivity contribution is 5.99. The summed E-state index contributed by atoms with van der Waals surface area (Å²) in [6.07, 6.45) is 0. The highest BCUT2D eigenvalue weighted by Gasteiger charge is 2.20. The van der Waals surface area contributed by atoms with Crippen molar-refractivity contribution in [2.75, 3.05) is 26.9 Å². The zero-order valence-electron chi connectivity index (χ0n) is 16.8. The summed E-state index contributed by atoms with van der Waals surface area (Å²) in [7, 11) is 1.62. The zero-order chi connectivity index (χ0) is 21.6. The first-order chi connectivity index (χ1) is 13.7. The van der Waals surface area contributed by atoms with E-state index in [1.807, 2.05) is 25.3 Å². The fraction of sp³-hybridized carbons (Fsp3) is 0.400. The number of aryl methyl sites for hydroxylation is 1. The SMILES string of the molecule is COC[C@H](C)n1c(C)cc(C(=O)COC(=O)COc2ccc([N+](=O)[O-])cc2)c1C. The van der Waals surface area contributed by atoms with Crippen LogP contribution in [0, 0.1) is 24.0 Å². The first kappa shape index (κ1) is 22.1. The van der Waals surface area contributed by atoms with Gasteiger partial charge >= 0.3 is 5.97 Å². The first-order valence-corrected chi connectivity index (χ1v) is 8.98. The molecule has 0 unspecified atom stereocenters. The quantitative estimate of drug-likeness (QED) is 0.259. The number of carbonyl (C=O) groups excluding carboxylic acids is 2. The molecule has 2 aromatic rings. The second-order valence-corrected chi connectivity index (χ2v) is 6.58.